The average molecular weight is 256 g/mol. The second-order valence-electron chi connectivity index (χ2n) is 6.64. The molecule has 0 aromatic rings. The predicted molar refractivity (Wildman–Crippen MR) is 78.0 cm³/mol. The van der Waals surface area contributed by atoms with Crippen LogP contribution in [0.25, 0.3) is 0 Å². The Balaban J connectivity index is 2.28. The lowest BCUT2D eigenvalue weighted by Gasteiger charge is -2.37. The van der Waals surface area contributed by atoms with Gasteiger partial charge in [0.2, 0.25) is 0 Å². The van der Waals surface area contributed by atoms with E-state index in [1.165, 1.54) is 25.9 Å². The Bertz CT molecular complexity index is 233. The summed E-state index contributed by atoms with van der Waals surface area (Å²) in [6, 6.07) is 1.90. The van der Waals surface area contributed by atoms with Gasteiger partial charge in [0.15, 0.2) is 0 Å². The highest BCUT2D eigenvalue weighted by Crippen LogP contribution is 2.18. The van der Waals surface area contributed by atoms with Gasteiger partial charge in [-0.1, -0.05) is 0 Å². The minimum atomic E-state index is -0.0228. The molecule has 0 amide bonds. The van der Waals surface area contributed by atoms with Gasteiger partial charge < -0.3 is 15.0 Å². The zero-order valence-corrected chi connectivity index (χ0v) is 13.1. The van der Waals surface area contributed by atoms with Crippen molar-refractivity contribution < 1.29 is 4.74 Å². The van der Waals surface area contributed by atoms with Crippen LogP contribution in [0, 0.1) is 0 Å². The minimum absolute atomic E-state index is 0.0228. The first-order chi connectivity index (χ1) is 8.34. The van der Waals surface area contributed by atoms with Crippen molar-refractivity contribution in [3.63, 3.8) is 0 Å². The van der Waals surface area contributed by atoms with Gasteiger partial charge in [-0.2, -0.15) is 0 Å². The van der Waals surface area contributed by atoms with E-state index in [1.54, 1.807) is 7.11 Å². The third kappa shape index (κ3) is 5.25. The van der Waals surface area contributed by atoms with Crippen molar-refractivity contribution in [1.29, 1.82) is 0 Å². The molecular weight excluding hydrogens is 224 g/mol. The fraction of sp³-hybridized carbons (Fsp3) is 1.00. The summed E-state index contributed by atoms with van der Waals surface area (Å²) in [6.45, 7) is 13.6. The smallest absolute Gasteiger partial charge is 0.0637 e. The number of nitrogens with one attached hydrogen (secondary N) is 1. The largest absolute Gasteiger partial charge is 0.379 e. The van der Waals surface area contributed by atoms with Gasteiger partial charge >= 0.3 is 0 Å². The normalized spacial score (nSPS) is 21.5. The van der Waals surface area contributed by atoms with E-state index in [1.807, 2.05) is 0 Å². The van der Waals surface area contributed by atoms with Crippen molar-refractivity contribution in [2.75, 3.05) is 20.2 Å². The molecule has 18 heavy (non-hydrogen) atoms. The monoisotopic (exact) mass is 256 g/mol. The lowest BCUT2D eigenvalue weighted by Crippen LogP contribution is -2.48. The van der Waals surface area contributed by atoms with Gasteiger partial charge in [-0.15, -0.1) is 0 Å². The van der Waals surface area contributed by atoms with Gasteiger partial charge in [0, 0.05) is 25.2 Å². The van der Waals surface area contributed by atoms with E-state index in [-0.39, 0.29) is 5.60 Å². The van der Waals surface area contributed by atoms with Crippen LogP contribution >= 0.6 is 0 Å². The molecule has 1 N–H and O–H groups in total. The maximum Gasteiger partial charge on any atom is 0.0637 e. The molecule has 3 heteroatoms. The van der Waals surface area contributed by atoms with Crippen LogP contribution in [0.1, 0.15) is 53.9 Å². The number of hydrogen-bond acceptors (Lipinski definition) is 3. The van der Waals surface area contributed by atoms with Crippen LogP contribution in [-0.4, -0.2) is 48.8 Å². The van der Waals surface area contributed by atoms with E-state index in [0.29, 0.717) is 18.1 Å². The number of ether oxygens (including phenoxy) is 1. The number of methoxy groups -OCH3 is 1. The highest BCUT2D eigenvalue weighted by atomic mass is 16.5. The molecule has 1 unspecified atom stereocenters. The minimum Gasteiger partial charge on any atom is -0.379 e. The molecule has 1 heterocycles. The highest BCUT2D eigenvalue weighted by molar-refractivity contribution is 4.83. The summed E-state index contributed by atoms with van der Waals surface area (Å²) in [5.41, 5.74) is -0.0228. The van der Waals surface area contributed by atoms with E-state index in [0.717, 1.165) is 6.42 Å². The lowest BCUT2D eigenvalue weighted by molar-refractivity contribution is 0.00676. The summed E-state index contributed by atoms with van der Waals surface area (Å²) < 4.78 is 5.50. The topological polar surface area (TPSA) is 24.5 Å². The quantitative estimate of drug-likeness (QED) is 0.791. The number of rotatable bonds is 6. The Labute approximate surface area is 113 Å². The Morgan fingerprint density at radius 1 is 1.22 bits per heavy atom. The van der Waals surface area contributed by atoms with Gasteiger partial charge in [0.05, 0.1) is 5.60 Å². The molecule has 0 bridgehead atoms. The first-order valence-electron chi connectivity index (χ1n) is 7.39. The average Bonchev–Trinajstić information content (AvgIpc) is 2.29. The van der Waals surface area contributed by atoms with Crippen molar-refractivity contribution in [1.82, 2.24) is 10.2 Å². The summed E-state index contributed by atoms with van der Waals surface area (Å²) in [4.78, 5) is 2.57. The number of nitrogens with zero attached hydrogens (tertiary/aromatic N) is 1. The van der Waals surface area contributed by atoms with E-state index in [9.17, 15) is 0 Å². The first-order valence-corrected chi connectivity index (χ1v) is 7.39. The number of piperidine rings is 1. The summed E-state index contributed by atoms with van der Waals surface area (Å²) in [7, 11) is 1.80. The molecule has 0 aliphatic carbocycles. The van der Waals surface area contributed by atoms with Gasteiger partial charge in [0.1, 0.15) is 0 Å². The molecule has 0 saturated carbocycles. The maximum atomic E-state index is 5.50. The van der Waals surface area contributed by atoms with Crippen LogP contribution < -0.4 is 5.32 Å². The predicted octanol–water partition coefficient (Wildman–Crippen LogP) is 2.65. The van der Waals surface area contributed by atoms with Crippen LogP contribution in [0.4, 0.5) is 0 Å². The summed E-state index contributed by atoms with van der Waals surface area (Å²) in [5, 5.41) is 3.76. The first kappa shape index (κ1) is 15.9. The lowest BCUT2D eigenvalue weighted by atomic mass is 9.97. The second-order valence-corrected chi connectivity index (χ2v) is 6.64. The molecule has 108 valence electrons. The van der Waals surface area contributed by atoms with E-state index < -0.39 is 0 Å². The Kier molecular flexibility index (Phi) is 6.09. The molecule has 1 fully saturated rings. The molecule has 1 aliphatic rings. The van der Waals surface area contributed by atoms with Crippen LogP contribution in [0.15, 0.2) is 0 Å². The van der Waals surface area contributed by atoms with Gasteiger partial charge in [-0.3, -0.25) is 0 Å². The number of hydrogen-bond donors (Lipinski definition) is 1. The van der Waals surface area contributed by atoms with Crippen molar-refractivity contribution in [2.24, 2.45) is 0 Å². The molecule has 0 spiro atoms. The molecule has 0 radical (unpaired) electrons. The molecule has 0 aromatic heterocycles. The van der Waals surface area contributed by atoms with E-state index in [4.69, 9.17) is 4.74 Å². The van der Waals surface area contributed by atoms with Crippen LogP contribution in [0.3, 0.4) is 0 Å². The fourth-order valence-electron chi connectivity index (χ4n) is 2.86. The third-order valence-corrected chi connectivity index (χ3v) is 4.13. The zero-order chi connectivity index (χ0) is 13.8. The molecule has 1 rings (SSSR count). The van der Waals surface area contributed by atoms with Crippen molar-refractivity contribution in [3.8, 4) is 0 Å². The SMILES string of the molecule is COC(C)(C)CC(C)NC1CCN(C(C)C)CC1. The fourth-order valence-corrected chi connectivity index (χ4v) is 2.86. The van der Waals surface area contributed by atoms with Crippen LogP contribution in [0.5, 0.6) is 0 Å². The Hall–Kier alpha value is -0.120. The van der Waals surface area contributed by atoms with Crippen molar-refractivity contribution in [2.45, 2.75) is 77.6 Å². The van der Waals surface area contributed by atoms with E-state index in [2.05, 4.69) is 44.8 Å². The second kappa shape index (κ2) is 6.88. The maximum absolute atomic E-state index is 5.50. The Morgan fingerprint density at radius 3 is 2.22 bits per heavy atom. The van der Waals surface area contributed by atoms with Crippen molar-refractivity contribution in [3.05, 3.63) is 0 Å². The Morgan fingerprint density at radius 2 is 1.78 bits per heavy atom. The standard InChI is InChI=1S/C15H32N2O/c1-12(2)17-9-7-14(8-10-17)16-13(3)11-15(4,5)18-6/h12-14,16H,7-11H2,1-6H3. The molecule has 1 aliphatic heterocycles. The highest BCUT2D eigenvalue weighted by Gasteiger charge is 2.25. The van der Waals surface area contributed by atoms with Gasteiger partial charge in [-0.25, -0.2) is 0 Å². The molecule has 1 saturated heterocycles. The van der Waals surface area contributed by atoms with Gasteiger partial charge in [-0.05, 0) is 67.0 Å². The summed E-state index contributed by atoms with van der Waals surface area (Å²) >= 11 is 0. The van der Waals surface area contributed by atoms with Gasteiger partial charge in [0.25, 0.3) is 0 Å². The molecular formula is C15H32N2O. The van der Waals surface area contributed by atoms with E-state index >= 15 is 0 Å². The summed E-state index contributed by atoms with van der Waals surface area (Å²) in [5.74, 6) is 0. The van der Waals surface area contributed by atoms with Crippen LogP contribution in [0.2, 0.25) is 0 Å². The third-order valence-electron chi connectivity index (χ3n) is 4.13. The van der Waals surface area contributed by atoms with Crippen LogP contribution in [-0.2, 0) is 4.74 Å². The zero-order valence-electron chi connectivity index (χ0n) is 13.1. The molecule has 3 nitrogen and oxygen atoms in total. The molecule has 0 aromatic carbocycles. The number of likely N-dealkylation sites (tertiary alicyclic amines) is 1. The van der Waals surface area contributed by atoms with Crippen molar-refractivity contribution >= 4 is 0 Å². The molecule has 1 atom stereocenters. The summed E-state index contributed by atoms with van der Waals surface area (Å²) in [6.07, 6.45) is 3.61.